The maximum Gasteiger partial charge on any atom is 0.367 e. The average molecular weight is 484 g/mol. The Labute approximate surface area is 202 Å². The number of carbonyl (C=O) groups excluding carboxylic acids is 2. The number of rotatable bonds is 11. The van der Waals surface area contributed by atoms with Crippen LogP contribution in [0.3, 0.4) is 0 Å². The van der Waals surface area contributed by atoms with Gasteiger partial charge in [0.25, 0.3) is 0 Å². The monoisotopic (exact) mass is 483 g/mol. The van der Waals surface area contributed by atoms with Crippen LogP contribution in [0.15, 0.2) is 69.8 Å². The van der Waals surface area contributed by atoms with Crippen LogP contribution in [0.1, 0.15) is 19.8 Å². The molecule has 0 spiro atoms. The molecule has 3 amide bonds. The van der Waals surface area contributed by atoms with Gasteiger partial charge >= 0.3 is 12.0 Å². The normalized spacial score (nSPS) is 12.4. The van der Waals surface area contributed by atoms with E-state index in [1.807, 2.05) is 0 Å². The van der Waals surface area contributed by atoms with Crippen LogP contribution in [0.2, 0.25) is 0 Å². The van der Waals surface area contributed by atoms with Crippen LogP contribution in [0.4, 0.5) is 16.2 Å². The molecule has 6 N–H and O–H groups in total. The van der Waals surface area contributed by atoms with Gasteiger partial charge in [-0.1, -0.05) is 23.3 Å². The molecule has 0 aliphatic heterocycles. The number of nitrogens with one attached hydrogen (secondary N) is 1. The minimum Gasteiger partial charge on any atom is -0.497 e. The van der Waals surface area contributed by atoms with Crippen molar-refractivity contribution in [3.8, 4) is 5.75 Å². The van der Waals surface area contributed by atoms with Crippen molar-refractivity contribution in [2.75, 3.05) is 18.6 Å². The van der Waals surface area contributed by atoms with Gasteiger partial charge in [-0.3, -0.25) is 14.7 Å². The number of aliphatic imine (C=N–C) groups is 1. The number of amides is 3. The number of hydrogen-bond acceptors (Lipinski definition) is 6. The number of ether oxygens (including phenoxy) is 1. The van der Waals surface area contributed by atoms with E-state index in [0.29, 0.717) is 23.5 Å². The fourth-order valence-corrected chi connectivity index (χ4v) is 3.06. The number of guanidine groups is 1. The topological polar surface area (TPSA) is 185 Å². The van der Waals surface area contributed by atoms with Crippen molar-refractivity contribution in [3.05, 3.63) is 54.6 Å². The Morgan fingerprint density at radius 3 is 2.31 bits per heavy atom. The summed E-state index contributed by atoms with van der Waals surface area (Å²) in [4.78, 5) is 42.5. The van der Waals surface area contributed by atoms with Crippen molar-refractivity contribution in [2.24, 2.45) is 26.7 Å². The molecule has 2 rings (SSSR count). The van der Waals surface area contributed by atoms with Crippen LogP contribution in [-0.4, -0.2) is 54.7 Å². The number of hydrogen-bond donors (Lipinski definition) is 4. The van der Waals surface area contributed by atoms with Gasteiger partial charge in [0, 0.05) is 12.2 Å². The quantitative estimate of drug-likeness (QED) is 0.163. The van der Waals surface area contributed by atoms with Gasteiger partial charge in [0.1, 0.15) is 17.8 Å². The van der Waals surface area contributed by atoms with Gasteiger partial charge in [-0.2, -0.15) is 0 Å². The average Bonchev–Trinajstić information content (AvgIpc) is 2.85. The number of methoxy groups -OCH3 is 1. The molecule has 35 heavy (non-hydrogen) atoms. The zero-order chi connectivity index (χ0) is 25.8. The van der Waals surface area contributed by atoms with E-state index in [1.54, 1.807) is 54.6 Å². The second-order valence-corrected chi connectivity index (χ2v) is 7.41. The van der Waals surface area contributed by atoms with Gasteiger partial charge in [0.05, 0.1) is 12.8 Å². The van der Waals surface area contributed by atoms with Crippen LogP contribution in [-0.2, 0) is 9.59 Å². The lowest BCUT2D eigenvalue weighted by Gasteiger charge is -2.27. The second-order valence-electron chi connectivity index (χ2n) is 7.41. The van der Waals surface area contributed by atoms with Gasteiger partial charge < -0.3 is 26.6 Å². The Morgan fingerprint density at radius 2 is 1.74 bits per heavy atom. The lowest BCUT2D eigenvalue weighted by molar-refractivity contribution is -0.142. The first kappa shape index (κ1) is 26.8. The maximum absolute atomic E-state index is 13.0. The largest absolute Gasteiger partial charge is 0.497 e. The molecule has 0 fully saturated rings. The summed E-state index contributed by atoms with van der Waals surface area (Å²) in [5.41, 5.74) is 11.3. The molecule has 12 heteroatoms. The molecule has 0 saturated heterocycles. The Balaban J connectivity index is 2.18. The zero-order valence-electron chi connectivity index (χ0n) is 19.5. The molecule has 0 saturated carbocycles. The van der Waals surface area contributed by atoms with Crippen LogP contribution >= 0.6 is 0 Å². The molecule has 0 aliphatic rings. The molecule has 0 aromatic heterocycles. The smallest absolute Gasteiger partial charge is 0.367 e. The highest BCUT2D eigenvalue weighted by molar-refractivity contribution is 6.00. The highest BCUT2D eigenvalue weighted by Gasteiger charge is 2.30. The van der Waals surface area contributed by atoms with Gasteiger partial charge in [-0.15, -0.1) is 5.11 Å². The Bertz CT molecular complexity index is 1050. The molecule has 0 bridgehead atoms. The summed E-state index contributed by atoms with van der Waals surface area (Å²) in [5.74, 6) is -1.36. The van der Waals surface area contributed by atoms with E-state index in [0.717, 1.165) is 4.90 Å². The van der Waals surface area contributed by atoms with Crippen molar-refractivity contribution in [1.82, 2.24) is 5.32 Å². The summed E-state index contributed by atoms with van der Waals surface area (Å²) in [5, 5.41) is 19.7. The highest BCUT2D eigenvalue weighted by Crippen LogP contribution is 2.21. The van der Waals surface area contributed by atoms with Gasteiger partial charge in [0.15, 0.2) is 5.96 Å². The number of urea groups is 1. The van der Waals surface area contributed by atoms with Crippen LogP contribution < -0.4 is 26.4 Å². The standard InChI is InChI=1S/C23H29N7O5/c1-15(20(31)27-19(21(32)33)9-6-14-26-22(24)25)30(17-7-4-3-5-8-17)23(34)29-28-16-10-12-18(35-2)13-11-16/h3-5,7-8,10-13,15,19H,6,9,14H2,1-2H3,(H,27,31)(H,32,33)(H4,24,25,26). The number of nitrogens with two attached hydrogens (primary N) is 2. The fraction of sp³-hybridized carbons (Fsp3) is 0.304. The first-order valence-corrected chi connectivity index (χ1v) is 10.8. The number of anilines is 1. The number of azo groups is 1. The van der Waals surface area contributed by atoms with E-state index in [1.165, 1.54) is 14.0 Å². The molecule has 0 aliphatic carbocycles. The van der Waals surface area contributed by atoms with E-state index in [4.69, 9.17) is 16.2 Å². The van der Waals surface area contributed by atoms with Gasteiger partial charge in [-0.25, -0.2) is 9.59 Å². The fourth-order valence-electron chi connectivity index (χ4n) is 3.06. The van der Waals surface area contributed by atoms with Crippen LogP contribution in [0.5, 0.6) is 5.75 Å². The maximum atomic E-state index is 13.0. The van der Waals surface area contributed by atoms with E-state index < -0.39 is 30.0 Å². The summed E-state index contributed by atoms with van der Waals surface area (Å²) in [6.07, 6.45) is 0.433. The number of benzene rings is 2. The summed E-state index contributed by atoms with van der Waals surface area (Å²) in [7, 11) is 1.53. The highest BCUT2D eigenvalue weighted by atomic mass is 16.5. The number of carboxylic acids is 1. The first-order valence-electron chi connectivity index (χ1n) is 10.8. The van der Waals surface area contributed by atoms with Crippen molar-refractivity contribution >= 4 is 35.2 Å². The lowest BCUT2D eigenvalue weighted by atomic mass is 10.1. The van der Waals surface area contributed by atoms with E-state index in [-0.39, 0.29) is 18.9 Å². The molecule has 0 heterocycles. The molecule has 2 aromatic carbocycles. The first-order chi connectivity index (χ1) is 16.7. The number of para-hydroxylation sites is 1. The van der Waals surface area contributed by atoms with E-state index in [2.05, 4.69) is 20.5 Å². The van der Waals surface area contributed by atoms with Crippen LogP contribution in [0, 0.1) is 0 Å². The van der Waals surface area contributed by atoms with Crippen molar-refractivity contribution in [3.63, 3.8) is 0 Å². The molecule has 12 nitrogen and oxygen atoms in total. The molecule has 2 unspecified atom stereocenters. The van der Waals surface area contributed by atoms with Gasteiger partial charge in [0.2, 0.25) is 5.91 Å². The van der Waals surface area contributed by atoms with Crippen molar-refractivity contribution in [2.45, 2.75) is 31.8 Å². The van der Waals surface area contributed by atoms with Crippen LogP contribution in [0.25, 0.3) is 0 Å². The molecule has 186 valence electrons. The molecular weight excluding hydrogens is 454 g/mol. The number of carbonyl (C=O) groups is 3. The third-order valence-corrected chi connectivity index (χ3v) is 4.89. The van der Waals surface area contributed by atoms with E-state index >= 15 is 0 Å². The van der Waals surface area contributed by atoms with Crippen molar-refractivity contribution in [1.29, 1.82) is 0 Å². The molecule has 2 aromatic rings. The Hall–Kier alpha value is -4.48. The summed E-state index contributed by atoms with van der Waals surface area (Å²) in [6.45, 7) is 1.69. The number of nitrogens with zero attached hydrogens (tertiary/aromatic N) is 4. The predicted molar refractivity (Wildman–Crippen MR) is 131 cm³/mol. The third-order valence-electron chi connectivity index (χ3n) is 4.89. The Kier molecular flexibility index (Phi) is 10.2. The predicted octanol–water partition coefficient (Wildman–Crippen LogP) is 2.42. The summed E-state index contributed by atoms with van der Waals surface area (Å²) >= 11 is 0. The lowest BCUT2D eigenvalue weighted by Crippen LogP contribution is -2.51. The Morgan fingerprint density at radius 1 is 1.09 bits per heavy atom. The number of carboxylic acid groups (broad SMARTS) is 1. The second kappa shape index (κ2) is 13.3. The van der Waals surface area contributed by atoms with Gasteiger partial charge in [-0.05, 0) is 56.2 Å². The SMILES string of the molecule is COc1ccc(N=NC(=O)N(c2ccccc2)C(C)C(=O)NC(CCCN=C(N)N)C(=O)O)cc1. The molecule has 0 radical (unpaired) electrons. The van der Waals surface area contributed by atoms with Crippen molar-refractivity contribution < 1.29 is 24.2 Å². The number of aliphatic carboxylic acids is 1. The zero-order valence-corrected chi connectivity index (χ0v) is 19.5. The minimum absolute atomic E-state index is 0.0982. The molecular formula is C23H29N7O5. The minimum atomic E-state index is -1.22. The molecule has 2 atom stereocenters. The third kappa shape index (κ3) is 8.42. The van der Waals surface area contributed by atoms with E-state index in [9.17, 15) is 19.5 Å². The summed E-state index contributed by atoms with van der Waals surface area (Å²) < 4.78 is 5.09. The summed E-state index contributed by atoms with van der Waals surface area (Å²) in [6, 6.07) is 11.9.